The average molecular weight is 337 g/mol. The summed E-state index contributed by atoms with van der Waals surface area (Å²) >= 11 is 0. The number of amides is 1. The van der Waals surface area contributed by atoms with Crippen molar-refractivity contribution in [3.05, 3.63) is 35.9 Å². The molecule has 7 nitrogen and oxygen atoms in total. The standard InChI is InChI=1S/C17H23NO6/c1-17(2,3)24-14(19)10-13(15(20)22-4)18-16(21)23-11-12-8-6-5-7-9-12/h5-9,13H,10-11H2,1-4H3,(H,18,21)/t13-/m0/s1. The van der Waals surface area contributed by atoms with Crippen molar-refractivity contribution in [2.24, 2.45) is 0 Å². The second-order valence-electron chi connectivity index (χ2n) is 6.07. The summed E-state index contributed by atoms with van der Waals surface area (Å²) in [5, 5.41) is 2.32. The quantitative estimate of drug-likeness (QED) is 0.632. The van der Waals surface area contributed by atoms with Crippen molar-refractivity contribution in [1.82, 2.24) is 5.32 Å². The maximum atomic E-state index is 11.8. The predicted molar refractivity (Wildman–Crippen MR) is 86.0 cm³/mol. The normalized spacial score (nSPS) is 12.0. The molecule has 1 aromatic carbocycles. The predicted octanol–water partition coefficient (Wildman–Crippen LogP) is 2.19. The van der Waals surface area contributed by atoms with E-state index in [1.807, 2.05) is 18.2 Å². The molecule has 1 amide bonds. The zero-order valence-electron chi connectivity index (χ0n) is 14.3. The summed E-state index contributed by atoms with van der Waals surface area (Å²) in [6.07, 6.45) is -1.16. The van der Waals surface area contributed by atoms with Crippen LogP contribution >= 0.6 is 0 Å². The molecule has 0 aromatic heterocycles. The Labute approximate surface area is 141 Å². The topological polar surface area (TPSA) is 90.9 Å². The average Bonchev–Trinajstić information content (AvgIpc) is 2.50. The van der Waals surface area contributed by atoms with Gasteiger partial charge in [0, 0.05) is 0 Å². The van der Waals surface area contributed by atoms with Gasteiger partial charge < -0.3 is 19.5 Å². The first-order valence-electron chi connectivity index (χ1n) is 7.48. The van der Waals surface area contributed by atoms with E-state index in [2.05, 4.69) is 10.1 Å². The molecule has 7 heteroatoms. The van der Waals surface area contributed by atoms with E-state index >= 15 is 0 Å². The highest BCUT2D eigenvalue weighted by molar-refractivity contribution is 5.86. The van der Waals surface area contributed by atoms with Gasteiger partial charge in [-0.25, -0.2) is 9.59 Å². The molecule has 1 aromatic rings. The minimum Gasteiger partial charge on any atom is -0.467 e. The second kappa shape index (κ2) is 8.90. The van der Waals surface area contributed by atoms with Crippen molar-refractivity contribution in [2.45, 2.75) is 45.4 Å². The fourth-order valence-corrected chi connectivity index (χ4v) is 1.79. The largest absolute Gasteiger partial charge is 0.467 e. The minimum absolute atomic E-state index is 0.0486. The fourth-order valence-electron chi connectivity index (χ4n) is 1.79. The third kappa shape index (κ3) is 7.62. The van der Waals surface area contributed by atoms with Gasteiger partial charge in [-0.15, -0.1) is 0 Å². The SMILES string of the molecule is COC(=O)[C@H](CC(=O)OC(C)(C)C)NC(=O)OCc1ccccc1. The molecule has 1 atom stereocenters. The van der Waals surface area contributed by atoms with Crippen molar-refractivity contribution in [3.63, 3.8) is 0 Å². The summed E-state index contributed by atoms with van der Waals surface area (Å²) in [5.41, 5.74) is 0.111. The Balaban J connectivity index is 2.57. The molecule has 24 heavy (non-hydrogen) atoms. The van der Waals surface area contributed by atoms with Crippen LogP contribution in [0.4, 0.5) is 4.79 Å². The third-order valence-electron chi connectivity index (χ3n) is 2.78. The first kappa shape index (κ1) is 19.5. The van der Waals surface area contributed by atoms with E-state index in [-0.39, 0.29) is 13.0 Å². The smallest absolute Gasteiger partial charge is 0.408 e. The highest BCUT2D eigenvalue weighted by Gasteiger charge is 2.28. The lowest BCUT2D eigenvalue weighted by atomic mass is 10.1. The van der Waals surface area contributed by atoms with E-state index in [4.69, 9.17) is 9.47 Å². The van der Waals surface area contributed by atoms with Gasteiger partial charge >= 0.3 is 18.0 Å². The van der Waals surface area contributed by atoms with Crippen LogP contribution in [0.5, 0.6) is 0 Å². The van der Waals surface area contributed by atoms with Gasteiger partial charge in [-0.3, -0.25) is 4.79 Å². The minimum atomic E-state index is -1.17. The summed E-state index contributed by atoms with van der Waals surface area (Å²) in [7, 11) is 1.17. The van der Waals surface area contributed by atoms with Gasteiger partial charge in [0.05, 0.1) is 13.5 Å². The van der Waals surface area contributed by atoms with Crippen LogP contribution in [0.1, 0.15) is 32.8 Å². The third-order valence-corrected chi connectivity index (χ3v) is 2.78. The molecule has 0 heterocycles. The highest BCUT2D eigenvalue weighted by atomic mass is 16.6. The number of alkyl carbamates (subject to hydrolysis) is 1. The number of hydrogen-bond donors (Lipinski definition) is 1. The molecule has 0 fully saturated rings. The van der Waals surface area contributed by atoms with E-state index < -0.39 is 29.7 Å². The van der Waals surface area contributed by atoms with Crippen LogP contribution in [-0.4, -0.2) is 36.8 Å². The van der Waals surface area contributed by atoms with E-state index in [0.29, 0.717) is 0 Å². The van der Waals surface area contributed by atoms with Crippen molar-refractivity contribution in [3.8, 4) is 0 Å². The van der Waals surface area contributed by atoms with E-state index in [1.54, 1.807) is 32.9 Å². The van der Waals surface area contributed by atoms with E-state index in [9.17, 15) is 14.4 Å². The van der Waals surface area contributed by atoms with Crippen molar-refractivity contribution in [2.75, 3.05) is 7.11 Å². The van der Waals surface area contributed by atoms with Crippen molar-refractivity contribution in [1.29, 1.82) is 0 Å². The van der Waals surface area contributed by atoms with Gasteiger partial charge in [0.25, 0.3) is 0 Å². The number of carbonyl (C=O) groups excluding carboxylic acids is 3. The van der Waals surface area contributed by atoms with Crippen molar-refractivity contribution >= 4 is 18.0 Å². The van der Waals surface area contributed by atoms with Crippen LogP contribution in [0, 0.1) is 0 Å². The second-order valence-corrected chi connectivity index (χ2v) is 6.07. The molecule has 0 aliphatic rings. The Kier molecular flexibility index (Phi) is 7.23. The Bertz CT molecular complexity index is 564. The molecule has 132 valence electrons. The van der Waals surface area contributed by atoms with Crippen LogP contribution in [0.3, 0.4) is 0 Å². The van der Waals surface area contributed by atoms with Gasteiger partial charge in [-0.05, 0) is 26.3 Å². The number of esters is 2. The molecule has 0 radical (unpaired) electrons. The number of carbonyl (C=O) groups is 3. The molecule has 0 saturated heterocycles. The lowest BCUT2D eigenvalue weighted by Gasteiger charge is -2.21. The Morgan fingerprint density at radius 3 is 2.29 bits per heavy atom. The summed E-state index contributed by atoms with van der Waals surface area (Å²) < 4.78 is 14.8. The molecule has 1 rings (SSSR count). The van der Waals surface area contributed by atoms with Crippen LogP contribution in [0.25, 0.3) is 0 Å². The number of rotatable bonds is 6. The summed E-state index contributed by atoms with van der Waals surface area (Å²) in [6.45, 7) is 5.17. The Morgan fingerprint density at radius 1 is 1.12 bits per heavy atom. The molecule has 0 saturated carbocycles. The zero-order chi connectivity index (χ0) is 18.2. The molecule has 0 aliphatic carbocycles. The van der Waals surface area contributed by atoms with Crippen LogP contribution in [0.15, 0.2) is 30.3 Å². The van der Waals surface area contributed by atoms with Crippen LogP contribution in [-0.2, 0) is 30.4 Å². The monoisotopic (exact) mass is 337 g/mol. The first-order chi connectivity index (χ1) is 11.2. The lowest BCUT2D eigenvalue weighted by Crippen LogP contribution is -2.44. The maximum absolute atomic E-state index is 11.8. The Morgan fingerprint density at radius 2 is 1.75 bits per heavy atom. The molecule has 0 spiro atoms. The Hall–Kier alpha value is -2.57. The van der Waals surface area contributed by atoms with Gasteiger partial charge in [-0.1, -0.05) is 30.3 Å². The van der Waals surface area contributed by atoms with Gasteiger partial charge in [0.1, 0.15) is 18.2 Å². The maximum Gasteiger partial charge on any atom is 0.408 e. The molecular weight excluding hydrogens is 314 g/mol. The number of ether oxygens (including phenoxy) is 3. The first-order valence-corrected chi connectivity index (χ1v) is 7.48. The van der Waals surface area contributed by atoms with Crippen LogP contribution in [0.2, 0.25) is 0 Å². The number of hydrogen-bond acceptors (Lipinski definition) is 6. The molecule has 1 N–H and O–H groups in total. The lowest BCUT2D eigenvalue weighted by molar-refractivity contribution is -0.158. The molecule has 0 bridgehead atoms. The number of nitrogens with one attached hydrogen (secondary N) is 1. The number of methoxy groups -OCH3 is 1. The van der Waals surface area contributed by atoms with Crippen LogP contribution < -0.4 is 5.32 Å². The van der Waals surface area contributed by atoms with E-state index in [0.717, 1.165) is 5.56 Å². The van der Waals surface area contributed by atoms with Gasteiger partial charge in [-0.2, -0.15) is 0 Å². The van der Waals surface area contributed by atoms with Crippen molar-refractivity contribution < 1.29 is 28.6 Å². The summed E-state index contributed by atoms with van der Waals surface area (Å²) in [4.78, 5) is 35.4. The molecule has 0 aliphatic heterocycles. The van der Waals surface area contributed by atoms with E-state index in [1.165, 1.54) is 7.11 Å². The summed E-state index contributed by atoms with van der Waals surface area (Å²) in [5.74, 6) is -1.38. The molecule has 0 unspecified atom stereocenters. The summed E-state index contributed by atoms with van der Waals surface area (Å²) in [6, 6.07) is 7.90. The van der Waals surface area contributed by atoms with Gasteiger partial charge in [0.2, 0.25) is 0 Å². The fraction of sp³-hybridized carbons (Fsp3) is 0.471. The highest BCUT2D eigenvalue weighted by Crippen LogP contribution is 2.10. The van der Waals surface area contributed by atoms with Gasteiger partial charge in [0.15, 0.2) is 0 Å². The molecular formula is C17H23NO6. The zero-order valence-corrected chi connectivity index (χ0v) is 14.3. The number of benzene rings is 1.